The average molecular weight is 247 g/mol. The normalized spacial score (nSPS) is 10.5. The molecule has 0 fully saturated rings. The number of rotatable bonds is 4. The van der Waals surface area contributed by atoms with Gasteiger partial charge in [-0.25, -0.2) is 0 Å². The maximum Gasteiger partial charge on any atom is 0.0447 e. The molecule has 0 aliphatic heterocycles. The summed E-state index contributed by atoms with van der Waals surface area (Å²) in [6.07, 6.45) is 2.63. The van der Waals surface area contributed by atoms with Crippen LogP contribution in [0.15, 0.2) is 42.6 Å². The zero-order chi connectivity index (χ0) is 12.1. The third-order valence-corrected chi connectivity index (χ3v) is 2.87. The SMILES string of the molecule is CNCc1ccc(Cl)cc1Cc1ccccn1. The molecule has 88 valence electrons. The fourth-order valence-corrected chi connectivity index (χ4v) is 2.01. The smallest absolute Gasteiger partial charge is 0.0447 e. The lowest BCUT2D eigenvalue weighted by Crippen LogP contribution is -2.08. The van der Waals surface area contributed by atoms with Crippen LogP contribution in [0.2, 0.25) is 5.02 Å². The monoisotopic (exact) mass is 246 g/mol. The summed E-state index contributed by atoms with van der Waals surface area (Å²) in [5.41, 5.74) is 3.56. The van der Waals surface area contributed by atoms with Crippen LogP contribution in [-0.2, 0) is 13.0 Å². The van der Waals surface area contributed by atoms with Crippen molar-refractivity contribution >= 4 is 11.6 Å². The number of nitrogens with one attached hydrogen (secondary N) is 1. The zero-order valence-corrected chi connectivity index (χ0v) is 10.5. The molecule has 0 bridgehead atoms. The summed E-state index contributed by atoms with van der Waals surface area (Å²) in [6, 6.07) is 12.0. The predicted molar refractivity (Wildman–Crippen MR) is 71.3 cm³/mol. The summed E-state index contributed by atoms with van der Waals surface area (Å²) in [7, 11) is 1.94. The minimum absolute atomic E-state index is 0.774. The van der Waals surface area contributed by atoms with Crippen LogP contribution in [0, 0.1) is 0 Å². The summed E-state index contributed by atoms with van der Waals surface area (Å²) in [4.78, 5) is 4.34. The number of halogens is 1. The molecule has 0 saturated carbocycles. The quantitative estimate of drug-likeness (QED) is 0.897. The second-order valence-corrected chi connectivity index (χ2v) is 4.38. The highest BCUT2D eigenvalue weighted by Gasteiger charge is 2.04. The second-order valence-electron chi connectivity index (χ2n) is 3.94. The van der Waals surface area contributed by atoms with Crippen LogP contribution < -0.4 is 5.32 Å². The second kappa shape index (κ2) is 5.80. The van der Waals surface area contributed by atoms with Gasteiger partial charge in [-0.05, 0) is 42.4 Å². The van der Waals surface area contributed by atoms with Gasteiger partial charge < -0.3 is 5.32 Å². The Morgan fingerprint density at radius 2 is 2.06 bits per heavy atom. The van der Waals surface area contributed by atoms with Crippen molar-refractivity contribution in [3.8, 4) is 0 Å². The van der Waals surface area contributed by atoms with E-state index >= 15 is 0 Å². The molecule has 0 aliphatic rings. The van der Waals surface area contributed by atoms with Gasteiger partial charge in [0.25, 0.3) is 0 Å². The Morgan fingerprint density at radius 3 is 2.76 bits per heavy atom. The van der Waals surface area contributed by atoms with E-state index in [-0.39, 0.29) is 0 Å². The number of aromatic nitrogens is 1. The Morgan fingerprint density at radius 1 is 1.18 bits per heavy atom. The van der Waals surface area contributed by atoms with Gasteiger partial charge in [-0.2, -0.15) is 0 Å². The molecule has 0 amide bonds. The van der Waals surface area contributed by atoms with Gasteiger partial charge in [-0.1, -0.05) is 23.7 Å². The Kier molecular flexibility index (Phi) is 4.13. The zero-order valence-electron chi connectivity index (χ0n) is 9.78. The molecule has 0 saturated heterocycles. The molecule has 2 rings (SSSR count). The lowest BCUT2D eigenvalue weighted by atomic mass is 10.0. The Labute approximate surface area is 107 Å². The van der Waals surface area contributed by atoms with Crippen molar-refractivity contribution < 1.29 is 0 Å². The van der Waals surface area contributed by atoms with Gasteiger partial charge in [0.05, 0.1) is 0 Å². The van der Waals surface area contributed by atoms with E-state index in [1.165, 1.54) is 11.1 Å². The summed E-state index contributed by atoms with van der Waals surface area (Å²) in [6.45, 7) is 0.847. The Hall–Kier alpha value is -1.38. The standard InChI is InChI=1S/C14H15ClN2/c1-16-10-11-5-6-13(15)8-12(11)9-14-4-2-3-7-17-14/h2-8,16H,9-10H2,1H3. The van der Waals surface area contributed by atoms with Gasteiger partial charge >= 0.3 is 0 Å². The molecule has 0 aliphatic carbocycles. The molecular formula is C14H15ClN2. The van der Waals surface area contributed by atoms with Crippen molar-refractivity contribution in [3.05, 3.63) is 64.4 Å². The number of pyridine rings is 1. The van der Waals surface area contributed by atoms with Gasteiger partial charge in [0.15, 0.2) is 0 Å². The minimum atomic E-state index is 0.774. The fraction of sp³-hybridized carbons (Fsp3) is 0.214. The summed E-state index contributed by atoms with van der Waals surface area (Å²) in [5.74, 6) is 0. The largest absolute Gasteiger partial charge is 0.316 e. The van der Waals surface area contributed by atoms with Gasteiger partial charge in [-0.15, -0.1) is 0 Å². The molecule has 0 unspecified atom stereocenters. The van der Waals surface area contributed by atoms with Crippen LogP contribution in [0.1, 0.15) is 16.8 Å². The van der Waals surface area contributed by atoms with Crippen molar-refractivity contribution in [3.63, 3.8) is 0 Å². The van der Waals surface area contributed by atoms with E-state index in [0.717, 1.165) is 23.7 Å². The van der Waals surface area contributed by atoms with E-state index in [9.17, 15) is 0 Å². The average Bonchev–Trinajstić information content (AvgIpc) is 2.34. The van der Waals surface area contributed by atoms with E-state index in [1.807, 2.05) is 43.6 Å². The molecule has 17 heavy (non-hydrogen) atoms. The van der Waals surface area contributed by atoms with Crippen molar-refractivity contribution in [1.82, 2.24) is 10.3 Å². The first-order valence-electron chi connectivity index (χ1n) is 5.61. The van der Waals surface area contributed by atoms with Crippen LogP contribution in [0.4, 0.5) is 0 Å². The molecule has 2 aromatic rings. The third kappa shape index (κ3) is 3.29. The maximum atomic E-state index is 6.04. The van der Waals surface area contributed by atoms with Gasteiger partial charge in [0.1, 0.15) is 0 Å². The predicted octanol–water partition coefficient (Wildman–Crippen LogP) is 3.05. The molecule has 1 heterocycles. The van der Waals surface area contributed by atoms with Crippen LogP contribution in [0.3, 0.4) is 0 Å². The lowest BCUT2D eigenvalue weighted by molar-refractivity contribution is 0.806. The van der Waals surface area contributed by atoms with Crippen molar-refractivity contribution in [2.75, 3.05) is 7.05 Å². The molecule has 2 nitrogen and oxygen atoms in total. The Balaban J connectivity index is 2.27. The molecule has 0 atom stereocenters. The van der Waals surface area contributed by atoms with E-state index in [0.29, 0.717) is 0 Å². The first kappa shape index (κ1) is 12.1. The first-order valence-corrected chi connectivity index (χ1v) is 5.99. The molecule has 1 aromatic heterocycles. The van der Waals surface area contributed by atoms with Crippen LogP contribution >= 0.6 is 11.6 Å². The lowest BCUT2D eigenvalue weighted by Gasteiger charge is -2.09. The number of benzene rings is 1. The van der Waals surface area contributed by atoms with E-state index in [1.54, 1.807) is 0 Å². The molecular weight excluding hydrogens is 232 g/mol. The maximum absolute atomic E-state index is 6.04. The summed E-state index contributed by atoms with van der Waals surface area (Å²) in [5, 5.41) is 3.94. The highest BCUT2D eigenvalue weighted by molar-refractivity contribution is 6.30. The Bertz CT molecular complexity index is 483. The van der Waals surface area contributed by atoms with E-state index < -0.39 is 0 Å². The highest BCUT2D eigenvalue weighted by atomic mass is 35.5. The van der Waals surface area contributed by atoms with E-state index in [4.69, 9.17) is 11.6 Å². The molecule has 3 heteroatoms. The summed E-state index contributed by atoms with van der Waals surface area (Å²) < 4.78 is 0. The van der Waals surface area contributed by atoms with Crippen LogP contribution in [0.5, 0.6) is 0 Å². The van der Waals surface area contributed by atoms with E-state index in [2.05, 4.69) is 16.4 Å². The topological polar surface area (TPSA) is 24.9 Å². The van der Waals surface area contributed by atoms with Crippen molar-refractivity contribution in [1.29, 1.82) is 0 Å². The molecule has 0 radical (unpaired) electrons. The number of nitrogens with zero attached hydrogens (tertiary/aromatic N) is 1. The van der Waals surface area contributed by atoms with Crippen LogP contribution in [-0.4, -0.2) is 12.0 Å². The van der Waals surface area contributed by atoms with Gasteiger partial charge in [0, 0.05) is 29.9 Å². The molecule has 1 N–H and O–H groups in total. The molecule has 0 spiro atoms. The number of hydrogen-bond donors (Lipinski definition) is 1. The fourth-order valence-electron chi connectivity index (χ4n) is 1.82. The van der Waals surface area contributed by atoms with Gasteiger partial charge in [0.2, 0.25) is 0 Å². The van der Waals surface area contributed by atoms with Gasteiger partial charge in [-0.3, -0.25) is 4.98 Å². The highest BCUT2D eigenvalue weighted by Crippen LogP contribution is 2.18. The minimum Gasteiger partial charge on any atom is -0.316 e. The third-order valence-electron chi connectivity index (χ3n) is 2.63. The van der Waals surface area contributed by atoms with Crippen LogP contribution in [0.25, 0.3) is 0 Å². The molecule has 1 aromatic carbocycles. The first-order chi connectivity index (χ1) is 8.29. The summed E-state index contributed by atoms with van der Waals surface area (Å²) >= 11 is 6.04. The number of hydrogen-bond acceptors (Lipinski definition) is 2. The van der Waals surface area contributed by atoms with Crippen molar-refractivity contribution in [2.24, 2.45) is 0 Å². The van der Waals surface area contributed by atoms with Crippen molar-refractivity contribution in [2.45, 2.75) is 13.0 Å².